The first kappa shape index (κ1) is 13.6. The van der Waals surface area contributed by atoms with Gasteiger partial charge in [0.05, 0.1) is 12.2 Å². The number of ether oxygens (including phenoxy) is 1. The molecule has 4 atom stereocenters. The maximum Gasteiger partial charge on any atom is 0.0818 e. The Morgan fingerprint density at radius 1 is 1.22 bits per heavy atom. The lowest BCUT2D eigenvalue weighted by Gasteiger charge is -2.34. The van der Waals surface area contributed by atoms with Crippen molar-refractivity contribution in [3.63, 3.8) is 0 Å². The van der Waals surface area contributed by atoms with Crippen molar-refractivity contribution < 1.29 is 9.84 Å². The molecule has 18 heavy (non-hydrogen) atoms. The summed E-state index contributed by atoms with van der Waals surface area (Å²) in [6.45, 7) is 2.17. The van der Waals surface area contributed by atoms with E-state index in [2.05, 4.69) is 6.92 Å². The van der Waals surface area contributed by atoms with E-state index in [1.54, 1.807) is 7.11 Å². The Bertz CT molecular complexity index is 349. The van der Waals surface area contributed by atoms with Gasteiger partial charge in [-0.05, 0) is 36.7 Å². The fraction of sp³-hybridized carbons (Fsp3) is 0.625. The average molecular weight is 248 g/mol. The summed E-state index contributed by atoms with van der Waals surface area (Å²) >= 11 is 0. The zero-order valence-electron chi connectivity index (χ0n) is 11.4. The van der Waals surface area contributed by atoms with Crippen LogP contribution in [0.25, 0.3) is 0 Å². The van der Waals surface area contributed by atoms with Gasteiger partial charge in [0.25, 0.3) is 0 Å². The van der Waals surface area contributed by atoms with E-state index in [1.807, 2.05) is 30.3 Å². The van der Waals surface area contributed by atoms with Gasteiger partial charge in [-0.1, -0.05) is 43.7 Å². The number of methoxy groups -OCH3 is 1. The second kappa shape index (κ2) is 6.35. The molecular weight excluding hydrogens is 224 g/mol. The molecule has 0 aliphatic heterocycles. The third-order valence-corrected chi connectivity index (χ3v) is 4.38. The van der Waals surface area contributed by atoms with Crippen LogP contribution in [-0.4, -0.2) is 18.3 Å². The van der Waals surface area contributed by atoms with Gasteiger partial charge in [0.1, 0.15) is 0 Å². The van der Waals surface area contributed by atoms with E-state index in [9.17, 15) is 5.11 Å². The van der Waals surface area contributed by atoms with Gasteiger partial charge in [-0.3, -0.25) is 0 Å². The predicted octanol–water partition coefficient (Wildman–Crippen LogP) is 3.56. The van der Waals surface area contributed by atoms with E-state index in [1.165, 1.54) is 19.3 Å². The van der Waals surface area contributed by atoms with Gasteiger partial charge in [-0.15, -0.1) is 0 Å². The number of aliphatic hydroxyl groups is 1. The number of hydrogen-bond acceptors (Lipinski definition) is 2. The maximum absolute atomic E-state index is 10.5. The third kappa shape index (κ3) is 3.12. The van der Waals surface area contributed by atoms with Crippen molar-refractivity contribution in [1.29, 1.82) is 0 Å². The molecule has 1 saturated carbocycles. The van der Waals surface area contributed by atoms with Crippen molar-refractivity contribution in [3.8, 4) is 0 Å². The topological polar surface area (TPSA) is 29.5 Å². The lowest BCUT2D eigenvalue weighted by Crippen LogP contribution is -2.28. The fourth-order valence-corrected chi connectivity index (χ4v) is 3.08. The van der Waals surface area contributed by atoms with Crippen LogP contribution in [0.15, 0.2) is 30.3 Å². The van der Waals surface area contributed by atoms with E-state index in [4.69, 9.17) is 4.74 Å². The highest BCUT2D eigenvalue weighted by molar-refractivity contribution is 5.18. The summed E-state index contributed by atoms with van der Waals surface area (Å²) in [5.41, 5.74) is 1.03. The molecule has 0 amide bonds. The van der Waals surface area contributed by atoms with Crippen LogP contribution in [0.4, 0.5) is 0 Å². The number of rotatable bonds is 4. The van der Waals surface area contributed by atoms with Crippen LogP contribution in [-0.2, 0) is 4.74 Å². The van der Waals surface area contributed by atoms with Crippen LogP contribution in [0.1, 0.15) is 44.3 Å². The van der Waals surface area contributed by atoms with Gasteiger partial charge in [-0.2, -0.15) is 0 Å². The van der Waals surface area contributed by atoms with Crippen LogP contribution in [0.2, 0.25) is 0 Å². The monoisotopic (exact) mass is 248 g/mol. The molecule has 2 rings (SSSR count). The van der Waals surface area contributed by atoms with Crippen LogP contribution >= 0.6 is 0 Å². The molecule has 0 bridgehead atoms. The molecule has 1 fully saturated rings. The Labute approximate surface area is 110 Å². The molecule has 4 unspecified atom stereocenters. The highest BCUT2D eigenvalue weighted by Gasteiger charge is 2.30. The summed E-state index contributed by atoms with van der Waals surface area (Å²) in [7, 11) is 1.80. The standard InChI is InChI=1S/C16H24O2/c1-12(14-9-6-10-15(11-14)18-2)16(17)13-7-4-3-5-8-13/h3-5,7-8,12,14-17H,6,9-11H2,1-2H3. The summed E-state index contributed by atoms with van der Waals surface area (Å²) < 4.78 is 5.48. The SMILES string of the molecule is COC1CCCC(C(C)C(O)c2ccccc2)C1. The van der Waals surface area contributed by atoms with Gasteiger partial charge in [0.15, 0.2) is 0 Å². The molecule has 2 heteroatoms. The molecule has 100 valence electrons. The summed E-state index contributed by atoms with van der Waals surface area (Å²) in [6.07, 6.45) is 4.71. The molecule has 1 aliphatic carbocycles. The predicted molar refractivity (Wildman–Crippen MR) is 73.3 cm³/mol. The zero-order valence-corrected chi connectivity index (χ0v) is 11.4. The first-order chi connectivity index (χ1) is 8.72. The number of aliphatic hydroxyl groups excluding tert-OH is 1. The molecule has 0 radical (unpaired) electrons. The van der Waals surface area contributed by atoms with Crippen molar-refractivity contribution in [2.75, 3.05) is 7.11 Å². The molecule has 2 nitrogen and oxygen atoms in total. The molecule has 0 heterocycles. The number of benzene rings is 1. The highest BCUT2D eigenvalue weighted by atomic mass is 16.5. The molecule has 1 N–H and O–H groups in total. The molecule has 1 aromatic rings. The Balaban J connectivity index is 2.00. The van der Waals surface area contributed by atoms with Gasteiger partial charge in [-0.25, -0.2) is 0 Å². The second-order valence-corrected chi connectivity index (χ2v) is 5.50. The smallest absolute Gasteiger partial charge is 0.0818 e. The van der Waals surface area contributed by atoms with E-state index in [0.717, 1.165) is 12.0 Å². The van der Waals surface area contributed by atoms with Gasteiger partial charge >= 0.3 is 0 Å². The van der Waals surface area contributed by atoms with E-state index < -0.39 is 0 Å². The van der Waals surface area contributed by atoms with Crippen molar-refractivity contribution in [1.82, 2.24) is 0 Å². The van der Waals surface area contributed by atoms with Crippen molar-refractivity contribution in [3.05, 3.63) is 35.9 Å². The minimum atomic E-state index is -0.355. The first-order valence-corrected chi connectivity index (χ1v) is 6.98. The van der Waals surface area contributed by atoms with Gasteiger partial charge in [0.2, 0.25) is 0 Å². The lowest BCUT2D eigenvalue weighted by atomic mass is 9.76. The first-order valence-electron chi connectivity index (χ1n) is 6.98. The third-order valence-electron chi connectivity index (χ3n) is 4.38. The highest BCUT2D eigenvalue weighted by Crippen LogP contribution is 2.37. The van der Waals surface area contributed by atoms with Crippen LogP contribution < -0.4 is 0 Å². The van der Waals surface area contributed by atoms with Gasteiger partial charge < -0.3 is 9.84 Å². The summed E-state index contributed by atoms with van der Waals surface area (Å²) in [6, 6.07) is 9.99. The fourth-order valence-electron chi connectivity index (χ4n) is 3.08. The van der Waals surface area contributed by atoms with Crippen LogP contribution in [0, 0.1) is 11.8 Å². The normalized spacial score (nSPS) is 27.7. The average Bonchev–Trinajstić information content (AvgIpc) is 2.46. The Kier molecular flexibility index (Phi) is 4.79. The van der Waals surface area contributed by atoms with E-state index in [-0.39, 0.29) is 6.10 Å². The van der Waals surface area contributed by atoms with Crippen molar-refractivity contribution in [2.24, 2.45) is 11.8 Å². The summed E-state index contributed by atoms with van der Waals surface area (Å²) in [5, 5.41) is 10.5. The molecule has 0 saturated heterocycles. The largest absolute Gasteiger partial charge is 0.388 e. The maximum atomic E-state index is 10.5. The molecule has 1 aromatic carbocycles. The molecule has 0 aromatic heterocycles. The summed E-state index contributed by atoms with van der Waals surface area (Å²) in [4.78, 5) is 0. The Hall–Kier alpha value is -0.860. The minimum absolute atomic E-state index is 0.297. The van der Waals surface area contributed by atoms with Crippen LogP contribution in [0.5, 0.6) is 0 Å². The van der Waals surface area contributed by atoms with Crippen LogP contribution in [0.3, 0.4) is 0 Å². The molecule has 0 spiro atoms. The minimum Gasteiger partial charge on any atom is -0.388 e. The zero-order chi connectivity index (χ0) is 13.0. The van der Waals surface area contributed by atoms with Crippen molar-refractivity contribution in [2.45, 2.75) is 44.8 Å². The lowest BCUT2D eigenvalue weighted by molar-refractivity contribution is 0.00849. The quantitative estimate of drug-likeness (QED) is 0.882. The van der Waals surface area contributed by atoms with E-state index >= 15 is 0 Å². The summed E-state index contributed by atoms with van der Waals surface area (Å²) in [5.74, 6) is 0.865. The number of hydrogen-bond donors (Lipinski definition) is 1. The van der Waals surface area contributed by atoms with E-state index in [0.29, 0.717) is 17.9 Å². The second-order valence-electron chi connectivity index (χ2n) is 5.50. The molecule has 1 aliphatic rings. The van der Waals surface area contributed by atoms with Gasteiger partial charge in [0, 0.05) is 7.11 Å². The van der Waals surface area contributed by atoms with Crippen molar-refractivity contribution >= 4 is 0 Å². The molecular formula is C16H24O2. The Morgan fingerprint density at radius 3 is 2.61 bits per heavy atom. The Morgan fingerprint density at radius 2 is 1.94 bits per heavy atom.